The molecule has 0 heterocycles. The third-order valence-electron chi connectivity index (χ3n) is 3.83. The normalized spacial score (nSPS) is 14.4. The second kappa shape index (κ2) is 7.81. The quantitative estimate of drug-likeness (QED) is 0.638. The highest BCUT2D eigenvalue weighted by Gasteiger charge is 2.28. The van der Waals surface area contributed by atoms with Crippen molar-refractivity contribution in [3.05, 3.63) is 35.4 Å². The van der Waals surface area contributed by atoms with Crippen LogP contribution in [0.1, 0.15) is 44.9 Å². The zero-order chi connectivity index (χ0) is 17.7. The molecule has 5 nitrogen and oxygen atoms in total. The Balaban J connectivity index is 2.61. The summed E-state index contributed by atoms with van der Waals surface area (Å²) in [6.07, 6.45) is 0. The van der Waals surface area contributed by atoms with Crippen LogP contribution in [-0.4, -0.2) is 38.5 Å². The van der Waals surface area contributed by atoms with E-state index in [0.717, 1.165) is 0 Å². The maximum atomic E-state index is 12.1. The molecule has 1 atom stereocenters. The average Bonchev–Trinajstić information content (AvgIpc) is 2.45. The first-order valence-electron chi connectivity index (χ1n) is 7.83. The highest BCUT2D eigenvalue weighted by Crippen LogP contribution is 2.17. The first-order valence-corrected chi connectivity index (χ1v) is 9.48. The van der Waals surface area contributed by atoms with Gasteiger partial charge in [-0.25, -0.2) is 8.42 Å². The molecule has 0 aliphatic carbocycles. The summed E-state index contributed by atoms with van der Waals surface area (Å²) in [5.74, 6) is 0.681. The topological polar surface area (TPSA) is 70.6 Å². The first kappa shape index (κ1) is 19.5. The SMILES string of the molecule is CN=C(NCCS(=O)(=O)C(C)(C)C)NC(C)c1ccccc1C. The zero-order valence-electron chi connectivity index (χ0n) is 15.0. The van der Waals surface area contributed by atoms with E-state index in [0.29, 0.717) is 12.5 Å². The number of sulfone groups is 1. The predicted octanol–water partition coefficient (Wildman–Crippen LogP) is 2.43. The molecule has 0 bridgehead atoms. The Kier molecular flexibility index (Phi) is 6.62. The van der Waals surface area contributed by atoms with E-state index in [1.807, 2.05) is 12.1 Å². The first-order chi connectivity index (χ1) is 10.6. The van der Waals surface area contributed by atoms with Gasteiger partial charge >= 0.3 is 0 Å². The fourth-order valence-electron chi connectivity index (χ4n) is 2.16. The minimum Gasteiger partial charge on any atom is -0.355 e. The lowest BCUT2D eigenvalue weighted by molar-refractivity contribution is 0.558. The van der Waals surface area contributed by atoms with E-state index < -0.39 is 14.6 Å². The van der Waals surface area contributed by atoms with Gasteiger partial charge in [0.25, 0.3) is 0 Å². The van der Waals surface area contributed by atoms with Crippen molar-refractivity contribution in [3.63, 3.8) is 0 Å². The Hall–Kier alpha value is -1.56. The van der Waals surface area contributed by atoms with Gasteiger partial charge in [-0.05, 0) is 45.7 Å². The summed E-state index contributed by atoms with van der Waals surface area (Å²) in [4.78, 5) is 4.16. The Morgan fingerprint density at radius 1 is 1.26 bits per heavy atom. The lowest BCUT2D eigenvalue weighted by Gasteiger charge is -2.22. The Bertz CT molecular complexity index is 646. The molecule has 0 radical (unpaired) electrons. The van der Waals surface area contributed by atoms with Gasteiger partial charge in [0.2, 0.25) is 0 Å². The molecule has 0 saturated heterocycles. The fourth-order valence-corrected chi connectivity index (χ4v) is 3.14. The number of nitrogens with zero attached hydrogens (tertiary/aromatic N) is 1. The zero-order valence-corrected chi connectivity index (χ0v) is 15.8. The number of guanidine groups is 1. The molecule has 0 fully saturated rings. The molecule has 23 heavy (non-hydrogen) atoms. The van der Waals surface area contributed by atoms with Crippen molar-refractivity contribution in [3.8, 4) is 0 Å². The standard InChI is InChI=1S/C17H29N3O2S/c1-13-9-7-8-10-15(13)14(2)20-16(18-6)19-11-12-23(21,22)17(3,4)5/h7-10,14H,11-12H2,1-6H3,(H2,18,19,20). The highest BCUT2D eigenvalue weighted by molar-refractivity contribution is 7.92. The van der Waals surface area contributed by atoms with Crippen LogP contribution in [0.2, 0.25) is 0 Å². The van der Waals surface area contributed by atoms with E-state index in [2.05, 4.69) is 41.6 Å². The second-order valence-corrected chi connectivity index (χ2v) is 9.52. The summed E-state index contributed by atoms with van der Waals surface area (Å²) in [5, 5.41) is 6.37. The maximum Gasteiger partial charge on any atom is 0.191 e. The van der Waals surface area contributed by atoms with Crippen molar-refractivity contribution in [1.82, 2.24) is 10.6 Å². The van der Waals surface area contributed by atoms with Crippen LogP contribution in [0.15, 0.2) is 29.3 Å². The second-order valence-electron chi connectivity index (χ2n) is 6.65. The lowest BCUT2D eigenvalue weighted by atomic mass is 10.0. The van der Waals surface area contributed by atoms with E-state index in [1.54, 1.807) is 27.8 Å². The molecule has 0 aliphatic heterocycles. The van der Waals surface area contributed by atoms with Crippen LogP contribution < -0.4 is 10.6 Å². The number of rotatable bonds is 5. The van der Waals surface area contributed by atoms with Gasteiger partial charge in [-0.2, -0.15) is 0 Å². The highest BCUT2D eigenvalue weighted by atomic mass is 32.2. The van der Waals surface area contributed by atoms with E-state index in [1.165, 1.54) is 11.1 Å². The van der Waals surface area contributed by atoms with Gasteiger partial charge in [-0.3, -0.25) is 4.99 Å². The van der Waals surface area contributed by atoms with Crippen LogP contribution in [0.25, 0.3) is 0 Å². The van der Waals surface area contributed by atoms with E-state index in [4.69, 9.17) is 0 Å². The molecule has 1 rings (SSSR count). The van der Waals surface area contributed by atoms with Gasteiger partial charge in [0.15, 0.2) is 15.8 Å². The number of nitrogens with one attached hydrogen (secondary N) is 2. The molecule has 0 aromatic heterocycles. The van der Waals surface area contributed by atoms with Crippen LogP contribution >= 0.6 is 0 Å². The number of aliphatic imine (C=N–C) groups is 1. The van der Waals surface area contributed by atoms with E-state index in [9.17, 15) is 8.42 Å². The molecule has 1 aromatic carbocycles. The van der Waals surface area contributed by atoms with Gasteiger partial charge in [0.05, 0.1) is 16.5 Å². The van der Waals surface area contributed by atoms with E-state index >= 15 is 0 Å². The summed E-state index contributed by atoms with van der Waals surface area (Å²) in [6, 6.07) is 8.24. The Morgan fingerprint density at radius 2 is 1.87 bits per heavy atom. The van der Waals surface area contributed by atoms with Crippen molar-refractivity contribution in [2.75, 3.05) is 19.3 Å². The summed E-state index contributed by atoms with van der Waals surface area (Å²) in [7, 11) is -1.46. The number of aryl methyl sites for hydroxylation is 1. The van der Waals surface area contributed by atoms with Crippen LogP contribution in [0.3, 0.4) is 0 Å². The Labute approximate surface area is 140 Å². The molecule has 2 N–H and O–H groups in total. The molecular weight excluding hydrogens is 310 g/mol. The van der Waals surface area contributed by atoms with Gasteiger partial charge in [0.1, 0.15) is 0 Å². The summed E-state index contributed by atoms with van der Waals surface area (Å²) in [5.41, 5.74) is 2.40. The summed E-state index contributed by atoms with van der Waals surface area (Å²) < 4.78 is 23.5. The maximum absolute atomic E-state index is 12.1. The van der Waals surface area contributed by atoms with Crippen LogP contribution in [-0.2, 0) is 9.84 Å². The molecule has 1 aromatic rings. The average molecular weight is 340 g/mol. The van der Waals surface area contributed by atoms with E-state index in [-0.39, 0.29) is 11.8 Å². The Morgan fingerprint density at radius 3 is 2.39 bits per heavy atom. The van der Waals surface area contributed by atoms with Crippen LogP contribution in [0.4, 0.5) is 0 Å². The van der Waals surface area contributed by atoms with Crippen molar-refractivity contribution < 1.29 is 8.42 Å². The summed E-state index contributed by atoms with van der Waals surface area (Å²) in [6.45, 7) is 9.61. The van der Waals surface area contributed by atoms with Crippen LogP contribution in [0, 0.1) is 6.92 Å². The van der Waals surface area contributed by atoms with Gasteiger partial charge in [-0.15, -0.1) is 0 Å². The van der Waals surface area contributed by atoms with Crippen molar-refractivity contribution in [2.45, 2.75) is 45.4 Å². The summed E-state index contributed by atoms with van der Waals surface area (Å²) >= 11 is 0. The largest absolute Gasteiger partial charge is 0.355 e. The number of hydrogen-bond acceptors (Lipinski definition) is 3. The molecular formula is C17H29N3O2S. The molecule has 0 aliphatic rings. The third-order valence-corrected chi connectivity index (χ3v) is 6.44. The molecule has 130 valence electrons. The fraction of sp³-hybridized carbons (Fsp3) is 0.588. The number of benzene rings is 1. The van der Waals surface area contributed by atoms with Crippen molar-refractivity contribution in [2.24, 2.45) is 4.99 Å². The van der Waals surface area contributed by atoms with Crippen LogP contribution in [0.5, 0.6) is 0 Å². The number of hydrogen-bond donors (Lipinski definition) is 2. The molecule has 0 saturated carbocycles. The molecule has 6 heteroatoms. The molecule has 0 amide bonds. The van der Waals surface area contributed by atoms with Gasteiger partial charge in [0, 0.05) is 13.6 Å². The molecule has 0 spiro atoms. The smallest absolute Gasteiger partial charge is 0.191 e. The predicted molar refractivity (Wildman–Crippen MR) is 97.6 cm³/mol. The monoisotopic (exact) mass is 339 g/mol. The molecule has 1 unspecified atom stereocenters. The minimum atomic E-state index is -3.13. The van der Waals surface area contributed by atoms with Gasteiger partial charge < -0.3 is 10.6 Å². The minimum absolute atomic E-state index is 0.0793. The van der Waals surface area contributed by atoms with Crippen molar-refractivity contribution in [1.29, 1.82) is 0 Å². The third kappa shape index (κ3) is 5.53. The van der Waals surface area contributed by atoms with Gasteiger partial charge in [-0.1, -0.05) is 24.3 Å². The lowest BCUT2D eigenvalue weighted by Crippen LogP contribution is -2.42. The van der Waals surface area contributed by atoms with Crippen molar-refractivity contribution >= 4 is 15.8 Å².